The number of carbonyl (C=O) groups excluding carboxylic acids is 1. The molecule has 8 nitrogen and oxygen atoms in total. The lowest BCUT2D eigenvalue weighted by Gasteiger charge is -2.27. The molecular formula is C24H26ClN5O3S. The van der Waals surface area contributed by atoms with Gasteiger partial charge in [0.1, 0.15) is 0 Å². The Kier molecular flexibility index (Phi) is 7.40. The van der Waals surface area contributed by atoms with Crippen LogP contribution < -0.4 is 27.9 Å². The fourth-order valence-electron chi connectivity index (χ4n) is 3.97. The maximum atomic E-state index is 13.0. The number of quaternary nitrogens is 1. The lowest BCUT2D eigenvalue weighted by atomic mass is 10.0. The maximum absolute atomic E-state index is 13.0. The SMILES string of the molecule is Cc1cccc2c(N)c3cccc(C(=O)NCCC[N+](C)(C)c4ccc([N+](=O)[O-])s4)c3nc12.[Cl-]. The van der Waals surface area contributed by atoms with E-state index in [4.69, 9.17) is 10.7 Å². The van der Waals surface area contributed by atoms with Crippen molar-refractivity contribution in [2.24, 2.45) is 0 Å². The van der Waals surface area contributed by atoms with Crippen LogP contribution in [0, 0.1) is 17.0 Å². The summed E-state index contributed by atoms with van der Waals surface area (Å²) in [5.41, 5.74) is 9.93. The number of nitro groups is 1. The van der Waals surface area contributed by atoms with Gasteiger partial charge < -0.3 is 23.5 Å². The number of pyridine rings is 1. The first kappa shape index (κ1) is 25.4. The van der Waals surface area contributed by atoms with Crippen molar-refractivity contribution in [2.45, 2.75) is 13.3 Å². The number of thiophene rings is 1. The number of rotatable bonds is 7. The van der Waals surface area contributed by atoms with Crippen LogP contribution in [0.3, 0.4) is 0 Å². The highest BCUT2D eigenvalue weighted by atomic mass is 35.5. The van der Waals surface area contributed by atoms with Crippen molar-refractivity contribution in [2.75, 3.05) is 32.9 Å². The van der Waals surface area contributed by atoms with Crippen molar-refractivity contribution >= 4 is 54.7 Å². The molecule has 0 bridgehead atoms. The van der Waals surface area contributed by atoms with Gasteiger partial charge in [0.25, 0.3) is 5.91 Å². The van der Waals surface area contributed by atoms with E-state index in [9.17, 15) is 14.9 Å². The summed E-state index contributed by atoms with van der Waals surface area (Å²) in [7, 11) is 4.00. The van der Waals surface area contributed by atoms with Crippen molar-refractivity contribution in [1.82, 2.24) is 14.8 Å². The van der Waals surface area contributed by atoms with E-state index in [0.29, 0.717) is 34.2 Å². The second kappa shape index (κ2) is 9.92. The zero-order valence-electron chi connectivity index (χ0n) is 19.2. The van der Waals surface area contributed by atoms with Gasteiger partial charge in [-0.2, -0.15) is 0 Å². The lowest BCUT2D eigenvalue weighted by molar-refractivity contribution is -0.380. The Morgan fingerprint density at radius 2 is 1.79 bits per heavy atom. The molecule has 4 rings (SSSR count). The van der Waals surface area contributed by atoms with E-state index in [1.54, 1.807) is 12.1 Å². The molecule has 0 spiro atoms. The molecule has 0 aliphatic carbocycles. The molecule has 0 saturated carbocycles. The lowest BCUT2D eigenvalue weighted by Crippen LogP contribution is -3.00. The standard InChI is InChI=1S/C24H25N5O3S.ClH/c1-15-7-4-8-16-21(25)17-9-5-10-18(23(17)27-22(15)16)24(30)26-13-6-14-29(2,3)20-12-11-19(33-20)28(31)32;/h4-5,7-12H,6,13-14H2,1-3H3,(H2-,25,26,27,30);1H. The Labute approximate surface area is 207 Å². The topological polar surface area (TPSA) is 111 Å². The summed E-state index contributed by atoms with van der Waals surface area (Å²) in [5, 5.41) is 16.6. The third-order valence-electron chi connectivity index (χ3n) is 5.86. The average molecular weight is 500 g/mol. The van der Waals surface area contributed by atoms with Gasteiger partial charge in [0.15, 0.2) is 5.00 Å². The molecule has 4 aromatic rings. The first-order valence-corrected chi connectivity index (χ1v) is 11.4. The predicted octanol–water partition coefficient (Wildman–Crippen LogP) is 1.64. The number of aromatic nitrogens is 1. The Morgan fingerprint density at radius 1 is 1.12 bits per heavy atom. The molecule has 2 aromatic carbocycles. The van der Waals surface area contributed by atoms with Crippen LogP contribution in [0.15, 0.2) is 48.5 Å². The molecule has 178 valence electrons. The Morgan fingerprint density at radius 3 is 2.47 bits per heavy atom. The number of anilines is 1. The minimum atomic E-state index is -0.371. The van der Waals surface area contributed by atoms with Crippen molar-refractivity contribution < 1.29 is 22.1 Å². The number of halogens is 1. The highest BCUT2D eigenvalue weighted by molar-refractivity contribution is 7.19. The third kappa shape index (κ3) is 4.82. The molecule has 0 unspecified atom stereocenters. The van der Waals surface area contributed by atoms with E-state index < -0.39 is 0 Å². The van der Waals surface area contributed by atoms with Gasteiger partial charge in [-0.1, -0.05) is 30.3 Å². The van der Waals surface area contributed by atoms with Crippen LogP contribution >= 0.6 is 11.3 Å². The second-order valence-electron chi connectivity index (χ2n) is 8.59. The monoisotopic (exact) mass is 499 g/mol. The summed E-state index contributed by atoms with van der Waals surface area (Å²) < 4.78 is 0.506. The average Bonchev–Trinajstić information content (AvgIpc) is 3.29. The quantitative estimate of drug-likeness (QED) is 0.132. The van der Waals surface area contributed by atoms with Gasteiger partial charge in [0, 0.05) is 35.9 Å². The summed E-state index contributed by atoms with van der Waals surface area (Å²) in [6.07, 6.45) is 0.715. The number of amides is 1. The molecule has 0 radical (unpaired) electrons. The van der Waals surface area contributed by atoms with Crippen molar-refractivity contribution in [1.29, 1.82) is 0 Å². The van der Waals surface area contributed by atoms with Gasteiger partial charge in [0.2, 0.25) is 0 Å². The molecule has 34 heavy (non-hydrogen) atoms. The summed E-state index contributed by atoms with van der Waals surface area (Å²) in [6, 6.07) is 14.7. The van der Waals surface area contributed by atoms with E-state index >= 15 is 0 Å². The number of carbonyl (C=O) groups is 1. The summed E-state index contributed by atoms with van der Waals surface area (Å²) in [6.45, 7) is 3.18. The first-order valence-electron chi connectivity index (χ1n) is 10.6. The van der Waals surface area contributed by atoms with Crippen LogP contribution in [-0.4, -0.2) is 43.0 Å². The molecule has 0 aliphatic rings. The molecule has 0 saturated heterocycles. The molecule has 0 aliphatic heterocycles. The number of hydrogen-bond acceptors (Lipinski definition) is 6. The van der Waals surface area contributed by atoms with Gasteiger partial charge in [-0.25, -0.2) is 4.98 Å². The van der Waals surface area contributed by atoms with Crippen LogP contribution in [0.4, 0.5) is 15.7 Å². The van der Waals surface area contributed by atoms with E-state index in [-0.39, 0.29) is 28.2 Å². The third-order valence-corrected chi connectivity index (χ3v) is 7.19. The summed E-state index contributed by atoms with van der Waals surface area (Å²) in [4.78, 5) is 28.4. The minimum Gasteiger partial charge on any atom is -1.00 e. The number of para-hydroxylation sites is 2. The normalized spacial score (nSPS) is 11.4. The minimum absolute atomic E-state index is 0. The van der Waals surface area contributed by atoms with Crippen molar-refractivity contribution in [3.05, 3.63) is 69.8 Å². The van der Waals surface area contributed by atoms with Gasteiger partial charge in [-0.15, -0.1) is 0 Å². The Balaban J connectivity index is 0.00000324. The highest BCUT2D eigenvalue weighted by Crippen LogP contribution is 2.34. The molecule has 10 heteroatoms. The van der Waals surface area contributed by atoms with E-state index in [1.165, 1.54) is 17.4 Å². The van der Waals surface area contributed by atoms with Gasteiger partial charge in [-0.05, 0) is 29.9 Å². The van der Waals surface area contributed by atoms with Crippen LogP contribution in [0.5, 0.6) is 0 Å². The highest BCUT2D eigenvalue weighted by Gasteiger charge is 2.24. The fraction of sp³-hybridized carbons (Fsp3) is 0.250. The molecule has 3 N–H and O–H groups in total. The smallest absolute Gasteiger partial charge is 0.329 e. The molecule has 1 amide bonds. The van der Waals surface area contributed by atoms with E-state index in [1.807, 2.05) is 51.4 Å². The number of nitrogens with one attached hydrogen (secondary N) is 1. The number of nitrogen functional groups attached to an aromatic ring is 1. The maximum Gasteiger partial charge on any atom is 0.329 e. The molecule has 2 aromatic heterocycles. The van der Waals surface area contributed by atoms with Gasteiger partial charge in [-0.3, -0.25) is 19.4 Å². The van der Waals surface area contributed by atoms with Gasteiger partial charge >= 0.3 is 5.00 Å². The predicted molar refractivity (Wildman–Crippen MR) is 135 cm³/mol. The van der Waals surface area contributed by atoms with Crippen LogP contribution in [0.25, 0.3) is 21.8 Å². The van der Waals surface area contributed by atoms with Gasteiger partial charge in [0.05, 0.1) is 47.8 Å². The molecule has 2 heterocycles. The molecular weight excluding hydrogens is 474 g/mol. The number of benzene rings is 2. The van der Waals surface area contributed by atoms with E-state index in [2.05, 4.69) is 5.32 Å². The van der Waals surface area contributed by atoms with Crippen LogP contribution in [0.1, 0.15) is 22.3 Å². The first-order chi connectivity index (χ1) is 15.7. The fourth-order valence-corrected chi connectivity index (χ4v) is 4.87. The second-order valence-corrected chi connectivity index (χ2v) is 9.63. The molecule has 0 fully saturated rings. The zero-order chi connectivity index (χ0) is 23.8. The summed E-state index contributed by atoms with van der Waals surface area (Å²) in [5.74, 6) is -0.197. The van der Waals surface area contributed by atoms with Crippen molar-refractivity contribution in [3.8, 4) is 0 Å². The largest absolute Gasteiger partial charge is 1.00 e. The Bertz CT molecular complexity index is 1390. The zero-order valence-corrected chi connectivity index (χ0v) is 20.7. The summed E-state index contributed by atoms with van der Waals surface area (Å²) >= 11 is 1.18. The van der Waals surface area contributed by atoms with Crippen LogP contribution in [0.2, 0.25) is 0 Å². The number of fused-ring (bicyclic) bond motifs is 2. The number of nitrogens with two attached hydrogens (primary N) is 1. The number of nitrogens with zero attached hydrogens (tertiary/aromatic N) is 3. The van der Waals surface area contributed by atoms with Crippen molar-refractivity contribution in [3.63, 3.8) is 0 Å². The number of aryl methyl sites for hydroxylation is 1. The number of hydrogen-bond donors (Lipinski definition) is 2. The van der Waals surface area contributed by atoms with E-state index in [0.717, 1.165) is 33.4 Å². The Hall–Kier alpha value is -3.27. The molecule has 0 atom stereocenters. The van der Waals surface area contributed by atoms with Crippen LogP contribution in [-0.2, 0) is 0 Å².